The fraction of sp³-hybridized carbons (Fsp3) is 0.508. The molecule has 2 aromatic rings. The van der Waals surface area contributed by atoms with Crippen LogP contribution in [-0.2, 0) is 6.42 Å². The van der Waals surface area contributed by atoms with Gasteiger partial charge in [-0.1, -0.05) is 141 Å². The second kappa shape index (κ2) is 31.5. The summed E-state index contributed by atoms with van der Waals surface area (Å²) in [6.07, 6.45) is 45.1. The van der Waals surface area contributed by atoms with Crippen molar-refractivity contribution >= 4 is 10.8 Å². The predicted octanol–water partition coefficient (Wildman–Crippen LogP) is 19.6. The second-order valence-electron chi connectivity index (χ2n) is 19.1. The molecule has 2 rings (SSSR count). The van der Waals surface area contributed by atoms with Crippen LogP contribution in [0.15, 0.2) is 141 Å². The van der Waals surface area contributed by atoms with Crippen molar-refractivity contribution in [2.75, 3.05) is 0 Å². The van der Waals surface area contributed by atoms with Gasteiger partial charge in [0.1, 0.15) is 11.5 Å². The molecule has 0 aromatic heterocycles. The van der Waals surface area contributed by atoms with E-state index in [1.807, 2.05) is 31.2 Å². The minimum absolute atomic E-state index is 0.267. The standard InChI is InChI=1S/C61H90O2/c1-46(2)24-15-25-47(3)26-16-27-48(4)28-17-29-49(5)30-18-31-50(6)32-19-33-51(7)34-20-35-52(8)36-21-37-53(9)38-22-39-54(10)40-23-41-55(11)44-45-57-56(12)60(62)58-42-13-14-43-59(58)61(57)63/h13-14,24,26,28,30,32,34,36,38,40,42-44,62-63H,15-23,25,27,29,31,33,35,37,39,41,45H2,1-12H3/b47-26+,48-28+,49-30+,50-32+,51-34+,52-36+,53-38+,54-40+,55-44+. The van der Waals surface area contributed by atoms with Gasteiger partial charge >= 0.3 is 0 Å². The molecule has 0 atom stereocenters. The average molecular weight is 855 g/mol. The van der Waals surface area contributed by atoms with E-state index in [1.165, 1.54) is 81.4 Å². The van der Waals surface area contributed by atoms with Crippen LogP contribution in [0.5, 0.6) is 11.5 Å². The molecule has 2 aromatic carbocycles. The van der Waals surface area contributed by atoms with E-state index in [-0.39, 0.29) is 11.5 Å². The SMILES string of the molecule is CC(C)=CCC/C(C)=C/CC/C(C)=C/CC/C(C)=C/CC/C(C)=C/CC/C(C)=C/CC/C(C)=C/CC/C(C)=C/CC/C(C)=C/CC/C(C)=C/Cc1c(C)c(O)c2ccccc2c1O. The minimum Gasteiger partial charge on any atom is -0.507 e. The fourth-order valence-electron chi connectivity index (χ4n) is 7.98. The van der Waals surface area contributed by atoms with E-state index >= 15 is 0 Å². The zero-order chi connectivity index (χ0) is 46.6. The van der Waals surface area contributed by atoms with E-state index in [9.17, 15) is 10.2 Å². The molecular weight excluding hydrogens is 765 g/mol. The molecule has 2 nitrogen and oxygen atoms in total. The molecule has 0 aliphatic rings. The van der Waals surface area contributed by atoms with Crippen LogP contribution in [0, 0.1) is 6.92 Å². The number of phenols is 2. The van der Waals surface area contributed by atoms with Gasteiger partial charge in [0.05, 0.1) is 0 Å². The lowest BCUT2D eigenvalue weighted by molar-refractivity contribution is 0.461. The number of benzene rings is 2. The van der Waals surface area contributed by atoms with Crippen molar-refractivity contribution in [3.05, 3.63) is 152 Å². The van der Waals surface area contributed by atoms with Crippen LogP contribution < -0.4 is 0 Å². The maximum absolute atomic E-state index is 10.9. The van der Waals surface area contributed by atoms with Crippen molar-refractivity contribution in [2.24, 2.45) is 0 Å². The number of fused-ring (bicyclic) bond motifs is 1. The molecule has 0 bridgehead atoms. The summed E-state index contributed by atoms with van der Waals surface area (Å²) in [6, 6.07) is 7.51. The van der Waals surface area contributed by atoms with Crippen LogP contribution in [0.1, 0.15) is 203 Å². The molecular formula is C61H90O2. The molecule has 0 aliphatic carbocycles. The van der Waals surface area contributed by atoms with Crippen LogP contribution in [0.4, 0.5) is 0 Å². The molecule has 0 saturated heterocycles. The number of rotatable bonds is 29. The summed E-state index contributed by atoms with van der Waals surface area (Å²) in [5.74, 6) is 0.548. The molecule has 0 fully saturated rings. The van der Waals surface area contributed by atoms with Gasteiger partial charge < -0.3 is 10.2 Å². The largest absolute Gasteiger partial charge is 0.507 e. The second-order valence-corrected chi connectivity index (χ2v) is 19.1. The summed E-state index contributed by atoms with van der Waals surface area (Å²) in [5, 5.41) is 23.0. The molecule has 0 radical (unpaired) electrons. The Kier molecular flexibility index (Phi) is 27.4. The van der Waals surface area contributed by atoms with Crippen LogP contribution in [0.25, 0.3) is 10.8 Å². The maximum atomic E-state index is 10.9. The molecule has 2 heteroatoms. The summed E-state index contributed by atoms with van der Waals surface area (Å²) in [6.45, 7) is 26.7. The van der Waals surface area contributed by atoms with Gasteiger partial charge in [-0.3, -0.25) is 0 Å². The monoisotopic (exact) mass is 855 g/mol. The first-order chi connectivity index (χ1) is 30.1. The van der Waals surface area contributed by atoms with Crippen molar-refractivity contribution < 1.29 is 10.2 Å². The first-order valence-corrected chi connectivity index (χ1v) is 24.5. The number of aromatic hydroxyl groups is 2. The third-order valence-corrected chi connectivity index (χ3v) is 12.5. The molecule has 2 N–H and O–H groups in total. The van der Waals surface area contributed by atoms with Crippen LogP contribution in [0.2, 0.25) is 0 Å². The van der Waals surface area contributed by atoms with Gasteiger partial charge in [0.2, 0.25) is 0 Å². The number of hydrogen-bond donors (Lipinski definition) is 2. The highest BCUT2D eigenvalue weighted by Crippen LogP contribution is 2.39. The van der Waals surface area contributed by atoms with Gasteiger partial charge in [-0.05, 0) is 211 Å². The van der Waals surface area contributed by atoms with Gasteiger partial charge in [0.25, 0.3) is 0 Å². The highest BCUT2D eigenvalue weighted by Gasteiger charge is 2.15. The highest BCUT2D eigenvalue weighted by atomic mass is 16.3. The van der Waals surface area contributed by atoms with Crippen LogP contribution in [-0.4, -0.2) is 10.2 Å². The Balaban J connectivity index is 1.60. The minimum atomic E-state index is 0.267. The normalized spacial score (nSPS) is 14.3. The lowest BCUT2D eigenvalue weighted by atomic mass is 9.95. The van der Waals surface area contributed by atoms with E-state index in [4.69, 9.17) is 0 Å². The fourth-order valence-corrected chi connectivity index (χ4v) is 7.98. The van der Waals surface area contributed by atoms with Crippen LogP contribution in [0.3, 0.4) is 0 Å². The molecule has 0 saturated carbocycles. The molecule has 346 valence electrons. The first kappa shape index (κ1) is 54.8. The van der Waals surface area contributed by atoms with E-state index in [2.05, 4.69) is 137 Å². The summed E-state index contributed by atoms with van der Waals surface area (Å²) in [4.78, 5) is 0. The summed E-state index contributed by atoms with van der Waals surface area (Å²) < 4.78 is 0. The van der Waals surface area contributed by atoms with Gasteiger partial charge in [0.15, 0.2) is 0 Å². The average Bonchev–Trinajstić information content (AvgIpc) is 3.22. The van der Waals surface area contributed by atoms with Gasteiger partial charge in [-0.25, -0.2) is 0 Å². The zero-order valence-electron chi connectivity index (χ0n) is 42.4. The van der Waals surface area contributed by atoms with Crippen molar-refractivity contribution in [3.8, 4) is 11.5 Å². The van der Waals surface area contributed by atoms with E-state index in [0.29, 0.717) is 17.2 Å². The maximum Gasteiger partial charge on any atom is 0.127 e. The Morgan fingerprint density at radius 3 is 0.857 bits per heavy atom. The summed E-state index contributed by atoms with van der Waals surface area (Å²) >= 11 is 0. The van der Waals surface area contributed by atoms with Crippen molar-refractivity contribution in [3.63, 3.8) is 0 Å². The lowest BCUT2D eigenvalue weighted by Gasteiger charge is -2.13. The third-order valence-electron chi connectivity index (χ3n) is 12.5. The van der Waals surface area contributed by atoms with Crippen molar-refractivity contribution in [2.45, 2.75) is 205 Å². The van der Waals surface area contributed by atoms with Crippen LogP contribution >= 0.6 is 0 Å². The molecule has 0 heterocycles. The quantitative estimate of drug-likeness (QED) is 0.0632. The summed E-state index contributed by atoms with van der Waals surface area (Å²) in [7, 11) is 0. The van der Waals surface area contributed by atoms with Crippen molar-refractivity contribution in [1.82, 2.24) is 0 Å². The molecule has 0 aliphatic heterocycles. The smallest absolute Gasteiger partial charge is 0.127 e. The Hall–Kier alpha value is -4.30. The number of allylic oxidation sites excluding steroid dienone is 20. The summed E-state index contributed by atoms with van der Waals surface area (Å²) in [5.41, 5.74) is 16.3. The van der Waals surface area contributed by atoms with E-state index < -0.39 is 0 Å². The Labute approximate surface area is 387 Å². The Bertz CT molecular complexity index is 2020. The van der Waals surface area contributed by atoms with Gasteiger partial charge in [-0.2, -0.15) is 0 Å². The lowest BCUT2D eigenvalue weighted by Crippen LogP contribution is -1.92. The zero-order valence-corrected chi connectivity index (χ0v) is 42.4. The predicted molar refractivity (Wildman–Crippen MR) is 282 cm³/mol. The number of phenolic OH excluding ortho intramolecular Hbond substituents is 2. The van der Waals surface area contributed by atoms with Gasteiger partial charge in [0, 0.05) is 16.3 Å². The highest BCUT2D eigenvalue weighted by molar-refractivity contribution is 5.95. The Morgan fingerprint density at radius 1 is 0.349 bits per heavy atom. The number of hydrogen-bond acceptors (Lipinski definition) is 2. The molecule has 0 spiro atoms. The Morgan fingerprint density at radius 2 is 0.587 bits per heavy atom. The molecule has 0 amide bonds. The first-order valence-electron chi connectivity index (χ1n) is 24.5. The van der Waals surface area contributed by atoms with Gasteiger partial charge in [-0.15, -0.1) is 0 Å². The van der Waals surface area contributed by atoms with E-state index in [1.54, 1.807) is 0 Å². The topological polar surface area (TPSA) is 40.5 Å². The molecule has 63 heavy (non-hydrogen) atoms. The van der Waals surface area contributed by atoms with Crippen molar-refractivity contribution in [1.29, 1.82) is 0 Å². The van der Waals surface area contributed by atoms with E-state index in [0.717, 1.165) is 101 Å². The molecule has 0 unspecified atom stereocenters. The third kappa shape index (κ3) is 24.4.